The number of aromatic nitrogens is 1. The van der Waals surface area contributed by atoms with Crippen molar-refractivity contribution in [2.45, 2.75) is 45.3 Å². The van der Waals surface area contributed by atoms with Crippen LogP contribution >= 0.6 is 0 Å². The summed E-state index contributed by atoms with van der Waals surface area (Å²) in [6.45, 7) is 8.17. The van der Waals surface area contributed by atoms with E-state index in [1.165, 1.54) is 0 Å². The third kappa shape index (κ3) is 3.11. The zero-order valence-corrected chi connectivity index (χ0v) is 12.7. The fourth-order valence-corrected chi connectivity index (χ4v) is 3.20. The van der Waals surface area contributed by atoms with Gasteiger partial charge in [-0.2, -0.15) is 0 Å². The number of morpholine rings is 1. The van der Waals surface area contributed by atoms with Gasteiger partial charge < -0.3 is 14.2 Å². The van der Waals surface area contributed by atoms with Crippen molar-refractivity contribution in [1.82, 2.24) is 15.0 Å². The summed E-state index contributed by atoms with van der Waals surface area (Å²) in [6, 6.07) is 2.36. The molecular formula is C15H23N3O3. The van der Waals surface area contributed by atoms with Crippen molar-refractivity contribution in [2.24, 2.45) is 0 Å². The van der Waals surface area contributed by atoms with E-state index in [-0.39, 0.29) is 18.0 Å². The van der Waals surface area contributed by atoms with Crippen molar-refractivity contribution >= 4 is 5.91 Å². The molecule has 2 aliphatic heterocycles. The van der Waals surface area contributed by atoms with Crippen LogP contribution in [0.1, 0.15) is 42.9 Å². The van der Waals surface area contributed by atoms with Crippen LogP contribution in [-0.4, -0.2) is 59.3 Å². The molecule has 1 aromatic rings. The van der Waals surface area contributed by atoms with Crippen LogP contribution in [-0.2, 0) is 11.3 Å². The first kappa shape index (κ1) is 14.5. The monoisotopic (exact) mass is 293 g/mol. The predicted octanol–water partition coefficient (Wildman–Crippen LogP) is 1.52. The molecule has 116 valence electrons. The smallest absolute Gasteiger partial charge is 0.276 e. The molecule has 3 heterocycles. The highest BCUT2D eigenvalue weighted by atomic mass is 16.5. The highest BCUT2D eigenvalue weighted by Gasteiger charge is 2.33. The van der Waals surface area contributed by atoms with Crippen molar-refractivity contribution < 1.29 is 14.1 Å². The second-order valence-electron chi connectivity index (χ2n) is 6.05. The Hall–Kier alpha value is -1.40. The highest BCUT2D eigenvalue weighted by Crippen LogP contribution is 2.25. The molecule has 2 fully saturated rings. The first-order valence-corrected chi connectivity index (χ1v) is 7.73. The number of amides is 1. The lowest BCUT2D eigenvalue weighted by Crippen LogP contribution is -2.38. The van der Waals surface area contributed by atoms with Crippen LogP contribution in [0, 0.1) is 0 Å². The van der Waals surface area contributed by atoms with Gasteiger partial charge in [-0.25, -0.2) is 0 Å². The van der Waals surface area contributed by atoms with Crippen LogP contribution in [0.2, 0.25) is 0 Å². The molecule has 0 spiro atoms. The number of likely N-dealkylation sites (tertiary alicyclic amines) is 1. The molecule has 0 N–H and O–H groups in total. The summed E-state index contributed by atoms with van der Waals surface area (Å²) in [4.78, 5) is 16.7. The van der Waals surface area contributed by atoms with Gasteiger partial charge in [0.1, 0.15) is 0 Å². The Kier molecular flexibility index (Phi) is 4.26. The molecule has 6 nitrogen and oxygen atoms in total. The fraction of sp³-hybridized carbons (Fsp3) is 0.733. The summed E-state index contributed by atoms with van der Waals surface area (Å²) in [5.41, 5.74) is 0.429. The van der Waals surface area contributed by atoms with Gasteiger partial charge >= 0.3 is 0 Å². The average molecular weight is 293 g/mol. The Bertz CT molecular complexity index is 486. The second-order valence-corrected chi connectivity index (χ2v) is 6.05. The normalized spacial score (nSPS) is 27.2. The number of carbonyl (C=O) groups is 1. The maximum atomic E-state index is 12.5. The van der Waals surface area contributed by atoms with E-state index < -0.39 is 0 Å². The summed E-state index contributed by atoms with van der Waals surface area (Å²) >= 11 is 0. The summed E-state index contributed by atoms with van der Waals surface area (Å²) in [5, 5.41) is 3.97. The lowest BCUT2D eigenvalue weighted by atomic mass is 10.2. The van der Waals surface area contributed by atoms with E-state index in [0.29, 0.717) is 12.2 Å². The molecule has 0 saturated carbocycles. The molecule has 1 aromatic heterocycles. The molecule has 1 amide bonds. The molecule has 2 aliphatic rings. The number of hydrogen-bond donors (Lipinski definition) is 0. The molecule has 0 aromatic carbocycles. The standard InChI is InChI=1S/C15H23N3O3/c1-11-3-4-12(2)18(11)15(19)14-9-13(21-16-14)10-17-5-7-20-8-6-17/h9,11-12H,3-8,10H2,1-2H3/t11-,12-/m1/s1. The van der Waals surface area contributed by atoms with Gasteiger partial charge in [0.05, 0.1) is 19.8 Å². The van der Waals surface area contributed by atoms with Crippen LogP contribution in [0.25, 0.3) is 0 Å². The summed E-state index contributed by atoms with van der Waals surface area (Å²) < 4.78 is 10.7. The molecule has 6 heteroatoms. The van der Waals surface area contributed by atoms with E-state index >= 15 is 0 Å². The number of nitrogens with zero attached hydrogens (tertiary/aromatic N) is 3. The second kappa shape index (κ2) is 6.15. The Balaban J connectivity index is 1.65. The van der Waals surface area contributed by atoms with Crippen LogP contribution in [0.4, 0.5) is 0 Å². The van der Waals surface area contributed by atoms with Crippen molar-refractivity contribution in [3.63, 3.8) is 0 Å². The lowest BCUT2D eigenvalue weighted by molar-refractivity contribution is 0.0305. The third-order valence-corrected chi connectivity index (χ3v) is 4.45. The SMILES string of the molecule is C[C@@H]1CC[C@@H](C)N1C(=O)c1cc(CN2CCOCC2)on1. The topological polar surface area (TPSA) is 58.8 Å². The minimum absolute atomic E-state index is 0.00974. The van der Waals surface area contributed by atoms with Crippen LogP contribution in [0.3, 0.4) is 0 Å². The van der Waals surface area contributed by atoms with E-state index in [1.807, 2.05) is 4.90 Å². The molecule has 0 unspecified atom stereocenters. The largest absolute Gasteiger partial charge is 0.379 e. The van der Waals surface area contributed by atoms with Crippen molar-refractivity contribution in [3.8, 4) is 0 Å². The Morgan fingerprint density at radius 2 is 1.95 bits per heavy atom. The molecule has 2 atom stereocenters. The zero-order valence-electron chi connectivity index (χ0n) is 12.7. The van der Waals surface area contributed by atoms with E-state index in [4.69, 9.17) is 9.26 Å². The molecule has 3 rings (SSSR count). The van der Waals surface area contributed by atoms with E-state index in [0.717, 1.165) is 44.9 Å². The molecule has 0 radical (unpaired) electrons. The molecule has 2 saturated heterocycles. The van der Waals surface area contributed by atoms with Gasteiger partial charge in [0.25, 0.3) is 5.91 Å². The maximum absolute atomic E-state index is 12.5. The van der Waals surface area contributed by atoms with Crippen molar-refractivity contribution in [2.75, 3.05) is 26.3 Å². The van der Waals surface area contributed by atoms with E-state index in [1.54, 1.807) is 6.07 Å². The van der Waals surface area contributed by atoms with Crippen LogP contribution < -0.4 is 0 Å². The van der Waals surface area contributed by atoms with Crippen LogP contribution in [0.15, 0.2) is 10.6 Å². The summed E-state index contributed by atoms with van der Waals surface area (Å²) in [6.07, 6.45) is 2.12. The minimum atomic E-state index is -0.00974. The van der Waals surface area contributed by atoms with Crippen LogP contribution in [0.5, 0.6) is 0 Å². The molecule has 0 aliphatic carbocycles. The number of carbonyl (C=O) groups excluding carboxylic acids is 1. The number of rotatable bonds is 3. The first-order chi connectivity index (χ1) is 10.1. The Morgan fingerprint density at radius 1 is 1.29 bits per heavy atom. The van der Waals surface area contributed by atoms with Gasteiger partial charge in [0.15, 0.2) is 11.5 Å². The van der Waals surface area contributed by atoms with Crippen molar-refractivity contribution in [1.29, 1.82) is 0 Å². The minimum Gasteiger partial charge on any atom is -0.379 e. The molecule has 0 bridgehead atoms. The van der Waals surface area contributed by atoms with Gasteiger partial charge in [-0.05, 0) is 26.7 Å². The van der Waals surface area contributed by atoms with E-state index in [9.17, 15) is 4.79 Å². The van der Waals surface area contributed by atoms with Gasteiger partial charge in [-0.3, -0.25) is 9.69 Å². The van der Waals surface area contributed by atoms with Gasteiger partial charge in [-0.15, -0.1) is 0 Å². The third-order valence-electron chi connectivity index (χ3n) is 4.45. The Morgan fingerprint density at radius 3 is 2.62 bits per heavy atom. The first-order valence-electron chi connectivity index (χ1n) is 7.73. The quantitative estimate of drug-likeness (QED) is 0.845. The number of hydrogen-bond acceptors (Lipinski definition) is 5. The van der Waals surface area contributed by atoms with Crippen molar-refractivity contribution in [3.05, 3.63) is 17.5 Å². The fourth-order valence-electron chi connectivity index (χ4n) is 3.20. The number of ether oxygens (including phenoxy) is 1. The predicted molar refractivity (Wildman–Crippen MR) is 76.9 cm³/mol. The van der Waals surface area contributed by atoms with Gasteiger partial charge in [0.2, 0.25) is 0 Å². The summed E-state index contributed by atoms with van der Waals surface area (Å²) in [7, 11) is 0. The molecular weight excluding hydrogens is 270 g/mol. The van der Waals surface area contributed by atoms with Gasteiger partial charge in [-0.1, -0.05) is 5.16 Å². The Labute approximate surface area is 125 Å². The highest BCUT2D eigenvalue weighted by molar-refractivity contribution is 5.92. The lowest BCUT2D eigenvalue weighted by Gasteiger charge is -2.25. The van der Waals surface area contributed by atoms with Gasteiger partial charge in [0, 0.05) is 31.2 Å². The molecule has 21 heavy (non-hydrogen) atoms. The maximum Gasteiger partial charge on any atom is 0.276 e. The average Bonchev–Trinajstić information content (AvgIpc) is 3.07. The summed E-state index contributed by atoms with van der Waals surface area (Å²) in [5.74, 6) is 0.740. The zero-order chi connectivity index (χ0) is 14.8. The van der Waals surface area contributed by atoms with E-state index in [2.05, 4.69) is 23.9 Å².